The molecule has 1 rings (SSSR count). The first-order chi connectivity index (χ1) is 7.02. The van der Waals surface area contributed by atoms with Gasteiger partial charge in [0.25, 0.3) is 0 Å². The van der Waals surface area contributed by atoms with Crippen LogP contribution in [0, 0.1) is 11.3 Å². The predicted octanol–water partition coefficient (Wildman–Crippen LogP) is 2.75. The van der Waals surface area contributed by atoms with E-state index in [0.29, 0.717) is 19.1 Å². The number of hydrogen-bond acceptors (Lipinski definition) is 2. The highest BCUT2D eigenvalue weighted by Crippen LogP contribution is 2.18. The van der Waals surface area contributed by atoms with Crippen LogP contribution in [-0.2, 0) is 9.53 Å². The molecule has 0 spiro atoms. The summed E-state index contributed by atoms with van der Waals surface area (Å²) in [5.41, 5.74) is -0.353. The van der Waals surface area contributed by atoms with Crippen molar-refractivity contribution in [1.82, 2.24) is 0 Å². The Hall–Kier alpha value is -0.890. The Morgan fingerprint density at radius 2 is 2.20 bits per heavy atom. The summed E-state index contributed by atoms with van der Waals surface area (Å²) in [5, 5.41) is 0. The minimum absolute atomic E-state index is 0.182. The minimum atomic E-state index is -0.353. The Balaban J connectivity index is 2.24. The first-order valence-electron chi connectivity index (χ1n) is 5.44. The molecule has 15 heavy (non-hydrogen) atoms. The van der Waals surface area contributed by atoms with Crippen LogP contribution in [-0.4, -0.2) is 19.0 Å². The van der Waals surface area contributed by atoms with E-state index in [1.54, 1.807) is 6.92 Å². The van der Waals surface area contributed by atoms with Crippen LogP contribution in [0.5, 0.6) is 0 Å². The Labute approximate surface area is 92.0 Å². The first-order valence-corrected chi connectivity index (χ1v) is 5.44. The van der Waals surface area contributed by atoms with Gasteiger partial charge in [0.2, 0.25) is 0 Å². The molecule has 0 amide bonds. The second kappa shape index (κ2) is 5.26. The SMILES string of the molecule is CC(=O)C(C)(C)COCC1C=CC=CC1. The second-order valence-corrected chi connectivity index (χ2v) is 4.76. The Morgan fingerprint density at radius 3 is 2.73 bits per heavy atom. The van der Waals surface area contributed by atoms with Gasteiger partial charge in [0.1, 0.15) is 5.78 Å². The minimum Gasteiger partial charge on any atom is -0.380 e. The molecule has 0 saturated heterocycles. The monoisotopic (exact) mass is 208 g/mol. The van der Waals surface area contributed by atoms with Crippen molar-refractivity contribution in [1.29, 1.82) is 0 Å². The molecule has 84 valence electrons. The van der Waals surface area contributed by atoms with Gasteiger partial charge in [0.15, 0.2) is 0 Å². The fraction of sp³-hybridized carbons (Fsp3) is 0.615. The van der Waals surface area contributed by atoms with Crippen LogP contribution in [0.1, 0.15) is 27.2 Å². The van der Waals surface area contributed by atoms with Gasteiger partial charge in [0.05, 0.1) is 13.2 Å². The van der Waals surface area contributed by atoms with E-state index in [9.17, 15) is 4.79 Å². The summed E-state index contributed by atoms with van der Waals surface area (Å²) in [7, 11) is 0. The topological polar surface area (TPSA) is 26.3 Å². The average Bonchev–Trinajstić information content (AvgIpc) is 2.19. The van der Waals surface area contributed by atoms with Gasteiger partial charge >= 0.3 is 0 Å². The zero-order chi connectivity index (χ0) is 11.3. The molecule has 2 nitrogen and oxygen atoms in total. The molecule has 0 fully saturated rings. The maximum absolute atomic E-state index is 11.2. The smallest absolute Gasteiger partial charge is 0.137 e. The quantitative estimate of drug-likeness (QED) is 0.694. The van der Waals surface area contributed by atoms with Gasteiger partial charge in [-0.15, -0.1) is 0 Å². The number of rotatable bonds is 5. The van der Waals surface area contributed by atoms with Gasteiger partial charge < -0.3 is 4.74 Å². The summed E-state index contributed by atoms with van der Waals surface area (Å²) in [6.07, 6.45) is 9.44. The molecule has 1 aliphatic rings. The molecule has 1 aliphatic carbocycles. The van der Waals surface area contributed by atoms with Crippen molar-refractivity contribution in [3.63, 3.8) is 0 Å². The molecule has 0 aromatic carbocycles. The lowest BCUT2D eigenvalue weighted by Crippen LogP contribution is -2.28. The second-order valence-electron chi connectivity index (χ2n) is 4.76. The molecule has 0 heterocycles. The molecule has 0 radical (unpaired) electrons. The van der Waals surface area contributed by atoms with Crippen LogP contribution in [0.3, 0.4) is 0 Å². The standard InChI is InChI=1S/C13H20O2/c1-11(14)13(2,3)10-15-9-12-7-5-4-6-8-12/h4-7,12H,8-10H2,1-3H3. The Kier molecular flexibility index (Phi) is 4.28. The van der Waals surface area contributed by atoms with Crippen molar-refractivity contribution in [2.45, 2.75) is 27.2 Å². The number of Topliss-reactive ketones (excluding diaryl/α,β-unsaturated/α-hetero) is 1. The number of allylic oxidation sites excluding steroid dienone is 3. The van der Waals surface area contributed by atoms with Crippen LogP contribution in [0.2, 0.25) is 0 Å². The number of carbonyl (C=O) groups excluding carboxylic acids is 1. The fourth-order valence-electron chi connectivity index (χ4n) is 1.32. The van der Waals surface area contributed by atoms with Gasteiger partial charge in [0, 0.05) is 11.3 Å². The summed E-state index contributed by atoms with van der Waals surface area (Å²) >= 11 is 0. The van der Waals surface area contributed by atoms with Crippen LogP contribution >= 0.6 is 0 Å². The summed E-state index contributed by atoms with van der Waals surface area (Å²) in [4.78, 5) is 11.2. The maximum Gasteiger partial charge on any atom is 0.137 e. The van der Waals surface area contributed by atoms with Crippen molar-refractivity contribution in [3.05, 3.63) is 24.3 Å². The van der Waals surface area contributed by atoms with Crippen LogP contribution < -0.4 is 0 Å². The Bertz CT molecular complexity index is 274. The fourth-order valence-corrected chi connectivity index (χ4v) is 1.32. The van der Waals surface area contributed by atoms with E-state index in [2.05, 4.69) is 18.2 Å². The van der Waals surface area contributed by atoms with Gasteiger partial charge in [-0.3, -0.25) is 4.79 Å². The van der Waals surface area contributed by atoms with Crippen molar-refractivity contribution < 1.29 is 9.53 Å². The van der Waals surface area contributed by atoms with Crippen molar-refractivity contribution in [3.8, 4) is 0 Å². The highest BCUT2D eigenvalue weighted by Gasteiger charge is 2.24. The largest absolute Gasteiger partial charge is 0.380 e. The van der Waals surface area contributed by atoms with Crippen molar-refractivity contribution >= 4 is 5.78 Å². The molecule has 0 saturated carbocycles. The van der Waals surface area contributed by atoms with Crippen LogP contribution in [0.4, 0.5) is 0 Å². The van der Waals surface area contributed by atoms with E-state index in [1.807, 2.05) is 19.9 Å². The third-order valence-electron chi connectivity index (χ3n) is 2.82. The highest BCUT2D eigenvalue weighted by atomic mass is 16.5. The third-order valence-corrected chi connectivity index (χ3v) is 2.82. The number of ketones is 1. The summed E-state index contributed by atoms with van der Waals surface area (Å²) in [6, 6.07) is 0. The van der Waals surface area contributed by atoms with E-state index >= 15 is 0 Å². The lowest BCUT2D eigenvalue weighted by Gasteiger charge is -2.22. The summed E-state index contributed by atoms with van der Waals surface area (Å²) in [5.74, 6) is 0.652. The lowest BCUT2D eigenvalue weighted by atomic mass is 9.90. The zero-order valence-corrected chi connectivity index (χ0v) is 9.82. The number of hydrogen-bond donors (Lipinski definition) is 0. The summed E-state index contributed by atoms with van der Waals surface area (Å²) in [6.45, 7) is 6.68. The van der Waals surface area contributed by atoms with E-state index in [0.717, 1.165) is 6.42 Å². The predicted molar refractivity (Wildman–Crippen MR) is 61.7 cm³/mol. The molecule has 1 atom stereocenters. The molecular weight excluding hydrogens is 188 g/mol. The molecule has 2 heteroatoms. The van der Waals surface area contributed by atoms with Gasteiger partial charge in [-0.2, -0.15) is 0 Å². The van der Waals surface area contributed by atoms with Gasteiger partial charge in [-0.25, -0.2) is 0 Å². The number of carbonyl (C=O) groups is 1. The first kappa shape index (κ1) is 12.2. The third kappa shape index (κ3) is 4.00. The van der Waals surface area contributed by atoms with Gasteiger partial charge in [-0.1, -0.05) is 38.2 Å². The highest BCUT2D eigenvalue weighted by molar-refractivity contribution is 5.81. The normalized spacial score (nSPS) is 20.6. The lowest BCUT2D eigenvalue weighted by molar-refractivity contribution is -0.128. The zero-order valence-electron chi connectivity index (χ0n) is 9.82. The summed E-state index contributed by atoms with van der Waals surface area (Å²) < 4.78 is 5.59. The Morgan fingerprint density at radius 1 is 1.47 bits per heavy atom. The van der Waals surface area contributed by atoms with Crippen molar-refractivity contribution in [2.75, 3.05) is 13.2 Å². The molecule has 0 aromatic heterocycles. The molecule has 0 N–H and O–H groups in total. The molecule has 1 unspecified atom stereocenters. The van der Waals surface area contributed by atoms with Crippen molar-refractivity contribution in [2.24, 2.45) is 11.3 Å². The molecular formula is C13H20O2. The molecule has 0 bridgehead atoms. The van der Waals surface area contributed by atoms with E-state index in [-0.39, 0.29) is 11.2 Å². The molecule has 0 aromatic rings. The van der Waals surface area contributed by atoms with Crippen LogP contribution in [0.25, 0.3) is 0 Å². The van der Waals surface area contributed by atoms with E-state index in [1.165, 1.54) is 0 Å². The average molecular weight is 208 g/mol. The molecule has 0 aliphatic heterocycles. The maximum atomic E-state index is 11.2. The number of ether oxygens (including phenoxy) is 1. The van der Waals surface area contributed by atoms with Crippen LogP contribution in [0.15, 0.2) is 24.3 Å². The van der Waals surface area contributed by atoms with E-state index < -0.39 is 0 Å². The van der Waals surface area contributed by atoms with Gasteiger partial charge in [-0.05, 0) is 13.3 Å². The van der Waals surface area contributed by atoms with E-state index in [4.69, 9.17) is 4.74 Å².